The number of nitrogens with one attached hydrogen (secondary N) is 1. The molecule has 3 heterocycles. The molecule has 3 aliphatic heterocycles. The van der Waals surface area contributed by atoms with Gasteiger partial charge in [-0.3, -0.25) is 14.5 Å². The van der Waals surface area contributed by atoms with Crippen LogP contribution in [0.3, 0.4) is 0 Å². The van der Waals surface area contributed by atoms with Gasteiger partial charge < -0.3 is 19.7 Å². The quantitative estimate of drug-likeness (QED) is 0.729. The Morgan fingerprint density at radius 1 is 1.09 bits per heavy atom. The molecule has 172 valence electrons. The summed E-state index contributed by atoms with van der Waals surface area (Å²) in [6, 6.07) is 5.31. The fourth-order valence-electron chi connectivity index (χ4n) is 5.66. The van der Waals surface area contributed by atoms with Crippen LogP contribution >= 0.6 is 0 Å². The van der Waals surface area contributed by atoms with Crippen LogP contribution < -0.4 is 14.8 Å². The highest BCUT2D eigenvalue weighted by Gasteiger charge is 2.55. The van der Waals surface area contributed by atoms with Gasteiger partial charge in [-0.2, -0.15) is 0 Å². The number of carbonyl (C=O) groups excluding carboxylic acids is 3. The Bertz CT molecular complexity index is 934. The molecular formula is C24H31N3O5. The molecule has 2 saturated heterocycles. The third kappa shape index (κ3) is 3.49. The first-order valence-corrected chi connectivity index (χ1v) is 11.8. The number of rotatable bonds is 3. The first-order chi connectivity index (χ1) is 15.5. The third-order valence-corrected chi connectivity index (χ3v) is 7.52. The van der Waals surface area contributed by atoms with E-state index in [2.05, 4.69) is 5.32 Å². The molecule has 1 saturated carbocycles. The molecule has 3 fully saturated rings. The summed E-state index contributed by atoms with van der Waals surface area (Å²) in [5.41, 5.74) is 0.156. The number of imide groups is 1. The summed E-state index contributed by atoms with van der Waals surface area (Å²) in [7, 11) is 0. The first kappa shape index (κ1) is 21.1. The SMILES string of the molecule is CC1CCCCC12NC(=O)N(CC(=O)N1CCCC1c1ccc3c(c1)OCCCO3)C2=O. The summed E-state index contributed by atoms with van der Waals surface area (Å²) < 4.78 is 11.5. The summed E-state index contributed by atoms with van der Waals surface area (Å²) in [6.45, 7) is 3.66. The number of urea groups is 1. The number of likely N-dealkylation sites (tertiary alicyclic amines) is 1. The lowest BCUT2D eigenvalue weighted by Crippen LogP contribution is -2.54. The Hall–Kier alpha value is -2.77. The van der Waals surface area contributed by atoms with Gasteiger partial charge in [0.05, 0.1) is 19.3 Å². The van der Waals surface area contributed by atoms with E-state index in [9.17, 15) is 14.4 Å². The third-order valence-electron chi connectivity index (χ3n) is 7.52. The number of nitrogens with zero attached hydrogens (tertiary/aromatic N) is 2. The highest BCUT2D eigenvalue weighted by molar-refractivity contribution is 6.09. The zero-order valence-corrected chi connectivity index (χ0v) is 18.6. The van der Waals surface area contributed by atoms with Gasteiger partial charge in [-0.05, 0) is 49.3 Å². The van der Waals surface area contributed by atoms with Crippen molar-refractivity contribution in [2.75, 3.05) is 26.3 Å². The molecule has 0 bridgehead atoms. The van der Waals surface area contributed by atoms with Crippen molar-refractivity contribution in [2.45, 2.75) is 63.5 Å². The monoisotopic (exact) mass is 441 g/mol. The lowest BCUT2D eigenvalue weighted by atomic mass is 9.73. The van der Waals surface area contributed by atoms with Crippen molar-refractivity contribution in [2.24, 2.45) is 5.92 Å². The zero-order valence-electron chi connectivity index (χ0n) is 18.6. The van der Waals surface area contributed by atoms with E-state index in [1.54, 1.807) is 4.90 Å². The smallest absolute Gasteiger partial charge is 0.325 e. The van der Waals surface area contributed by atoms with E-state index in [0.29, 0.717) is 31.9 Å². The molecule has 3 atom stereocenters. The Morgan fingerprint density at radius 3 is 2.72 bits per heavy atom. The molecule has 5 rings (SSSR count). The number of benzene rings is 1. The zero-order chi connectivity index (χ0) is 22.3. The average Bonchev–Trinajstić information content (AvgIpc) is 3.27. The molecule has 0 radical (unpaired) electrons. The maximum atomic E-state index is 13.3. The van der Waals surface area contributed by atoms with Gasteiger partial charge >= 0.3 is 6.03 Å². The second-order valence-electron chi connectivity index (χ2n) is 9.44. The minimum Gasteiger partial charge on any atom is -0.490 e. The summed E-state index contributed by atoms with van der Waals surface area (Å²) >= 11 is 0. The lowest BCUT2D eigenvalue weighted by molar-refractivity contribution is -0.141. The minimum absolute atomic E-state index is 0.0779. The lowest BCUT2D eigenvalue weighted by Gasteiger charge is -2.36. The number of hydrogen-bond donors (Lipinski definition) is 1. The number of fused-ring (bicyclic) bond motifs is 1. The molecular weight excluding hydrogens is 410 g/mol. The standard InChI is InChI=1S/C24H31N3O5/c1-16-6-2-3-10-24(16)22(29)27(23(30)25-24)15-21(28)26-11-4-7-18(26)17-8-9-19-20(14-17)32-13-5-12-31-19/h8-9,14,16,18H,2-7,10-13,15H2,1H3,(H,25,30). The topological polar surface area (TPSA) is 88.2 Å². The molecule has 4 aliphatic rings. The normalized spacial score (nSPS) is 29.9. The highest BCUT2D eigenvalue weighted by atomic mass is 16.5. The van der Waals surface area contributed by atoms with Crippen LogP contribution in [0.25, 0.3) is 0 Å². The molecule has 1 spiro atoms. The first-order valence-electron chi connectivity index (χ1n) is 11.8. The van der Waals surface area contributed by atoms with Gasteiger partial charge in [-0.25, -0.2) is 4.79 Å². The Morgan fingerprint density at radius 2 is 1.91 bits per heavy atom. The van der Waals surface area contributed by atoms with Crippen LogP contribution in [-0.4, -0.2) is 59.5 Å². The summed E-state index contributed by atoms with van der Waals surface area (Å²) in [4.78, 5) is 42.1. The van der Waals surface area contributed by atoms with Crippen molar-refractivity contribution in [1.29, 1.82) is 0 Å². The predicted octanol–water partition coefficient (Wildman–Crippen LogP) is 3.01. The van der Waals surface area contributed by atoms with Crippen LogP contribution in [0, 0.1) is 5.92 Å². The van der Waals surface area contributed by atoms with Gasteiger partial charge in [0.1, 0.15) is 12.1 Å². The fourth-order valence-corrected chi connectivity index (χ4v) is 5.66. The van der Waals surface area contributed by atoms with Crippen LogP contribution in [0.2, 0.25) is 0 Å². The van der Waals surface area contributed by atoms with Gasteiger partial charge in [0.15, 0.2) is 11.5 Å². The van der Waals surface area contributed by atoms with Crippen LogP contribution in [0.5, 0.6) is 11.5 Å². The highest BCUT2D eigenvalue weighted by Crippen LogP contribution is 2.40. The van der Waals surface area contributed by atoms with Gasteiger partial charge in [-0.15, -0.1) is 0 Å². The number of amides is 4. The second-order valence-corrected chi connectivity index (χ2v) is 9.44. The summed E-state index contributed by atoms with van der Waals surface area (Å²) in [5, 5.41) is 2.93. The van der Waals surface area contributed by atoms with Crippen molar-refractivity contribution >= 4 is 17.8 Å². The molecule has 8 nitrogen and oxygen atoms in total. The number of hydrogen-bond acceptors (Lipinski definition) is 5. The van der Waals surface area contributed by atoms with E-state index in [1.165, 1.54) is 0 Å². The number of ether oxygens (including phenoxy) is 2. The molecule has 1 aliphatic carbocycles. The Labute approximate surface area is 188 Å². The van der Waals surface area contributed by atoms with E-state index in [0.717, 1.165) is 54.7 Å². The summed E-state index contributed by atoms with van der Waals surface area (Å²) in [5.74, 6) is 1.09. The predicted molar refractivity (Wildman–Crippen MR) is 116 cm³/mol. The molecule has 1 aromatic rings. The average molecular weight is 442 g/mol. The summed E-state index contributed by atoms with van der Waals surface area (Å²) in [6.07, 6.45) is 6.09. The van der Waals surface area contributed by atoms with E-state index < -0.39 is 11.6 Å². The molecule has 3 unspecified atom stereocenters. The van der Waals surface area contributed by atoms with Gasteiger partial charge in [0, 0.05) is 13.0 Å². The van der Waals surface area contributed by atoms with Gasteiger partial charge in [-0.1, -0.05) is 25.8 Å². The largest absolute Gasteiger partial charge is 0.490 e. The molecule has 0 aromatic heterocycles. The van der Waals surface area contributed by atoms with Crippen molar-refractivity contribution in [3.05, 3.63) is 23.8 Å². The second kappa shape index (κ2) is 8.30. The Balaban J connectivity index is 1.32. The van der Waals surface area contributed by atoms with E-state index in [-0.39, 0.29) is 30.3 Å². The van der Waals surface area contributed by atoms with Gasteiger partial charge in [0.2, 0.25) is 5.91 Å². The molecule has 1 N–H and O–H groups in total. The Kier molecular flexibility index (Phi) is 5.47. The maximum Gasteiger partial charge on any atom is 0.325 e. The van der Waals surface area contributed by atoms with Crippen LogP contribution in [0.1, 0.15) is 63.5 Å². The van der Waals surface area contributed by atoms with E-state index in [4.69, 9.17) is 9.47 Å². The number of carbonyl (C=O) groups is 3. The van der Waals surface area contributed by atoms with Crippen molar-refractivity contribution in [3.8, 4) is 11.5 Å². The van der Waals surface area contributed by atoms with Crippen molar-refractivity contribution < 1.29 is 23.9 Å². The van der Waals surface area contributed by atoms with Gasteiger partial charge in [0.25, 0.3) is 5.91 Å². The van der Waals surface area contributed by atoms with Crippen LogP contribution in [0.15, 0.2) is 18.2 Å². The minimum atomic E-state index is -0.839. The molecule has 32 heavy (non-hydrogen) atoms. The van der Waals surface area contributed by atoms with E-state index in [1.807, 2.05) is 25.1 Å². The molecule has 8 heteroatoms. The fraction of sp³-hybridized carbons (Fsp3) is 0.625. The van der Waals surface area contributed by atoms with E-state index >= 15 is 0 Å². The van der Waals surface area contributed by atoms with Crippen molar-refractivity contribution in [3.63, 3.8) is 0 Å². The maximum absolute atomic E-state index is 13.3. The molecule has 4 amide bonds. The van der Waals surface area contributed by atoms with Crippen molar-refractivity contribution in [1.82, 2.24) is 15.1 Å². The van der Waals surface area contributed by atoms with Crippen LogP contribution in [-0.2, 0) is 9.59 Å². The van der Waals surface area contributed by atoms with Crippen LogP contribution in [0.4, 0.5) is 4.79 Å². The molecule has 1 aromatic carbocycles.